The lowest BCUT2D eigenvalue weighted by molar-refractivity contribution is -0.137. The second kappa shape index (κ2) is 18.4. The molecule has 5 N–H and O–H groups in total. The predicted molar refractivity (Wildman–Crippen MR) is 88.7 cm³/mol. The molecule has 0 fully saturated rings. The highest BCUT2D eigenvalue weighted by Gasteiger charge is 1.96. The summed E-state index contributed by atoms with van der Waals surface area (Å²) in [5, 5.41) is 8.41. The third kappa shape index (κ3) is 29.1. The molecule has 0 unspecified atom stereocenters. The normalized spacial score (nSPS) is 9.78. The monoisotopic (exact) mass is 332 g/mol. The van der Waals surface area contributed by atoms with Gasteiger partial charge in [0, 0.05) is 6.42 Å². The summed E-state index contributed by atoms with van der Waals surface area (Å²) >= 11 is 0. The van der Waals surface area contributed by atoms with E-state index >= 15 is 0 Å². The number of carbonyl (C=O) groups excluding carboxylic acids is 2. The number of amides is 2. The van der Waals surface area contributed by atoms with Crippen molar-refractivity contribution in [1.29, 1.82) is 0 Å². The van der Waals surface area contributed by atoms with Crippen molar-refractivity contribution in [3.63, 3.8) is 0 Å². The summed E-state index contributed by atoms with van der Waals surface area (Å²) < 4.78 is 4.41. The zero-order chi connectivity index (χ0) is 17.9. The number of rotatable bonds is 14. The van der Waals surface area contributed by atoms with Crippen LogP contribution in [0.3, 0.4) is 0 Å². The Kier molecular flexibility index (Phi) is 18.9. The zero-order valence-electron chi connectivity index (χ0n) is 14.2. The van der Waals surface area contributed by atoms with Crippen LogP contribution in [0.25, 0.3) is 0 Å². The van der Waals surface area contributed by atoms with E-state index in [-0.39, 0.29) is 13.2 Å². The van der Waals surface area contributed by atoms with Crippen LogP contribution in [0.5, 0.6) is 0 Å². The fourth-order valence-corrected chi connectivity index (χ4v) is 1.84. The smallest absolute Gasteiger partial charge is 0.303 e. The van der Waals surface area contributed by atoms with Crippen LogP contribution in [0.15, 0.2) is 0 Å². The van der Waals surface area contributed by atoms with Crippen molar-refractivity contribution < 1.29 is 24.2 Å². The first-order valence-electron chi connectivity index (χ1n) is 8.26. The van der Waals surface area contributed by atoms with Crippen molar-refractivity contribution in [2.24, 2.45) is 11.5 Å². The van der Waals surface area contributed by atoms with Crippen LogP contribution in [0, 0.1) is 0 Å². The van der Waals surface area contributed by atoms with E-state index in [2.05, 4.69) is 23.1 Å². The van der Waals surface area contributed by atoms with Gasteiger partial charge in [-0.2, -0.15) is 0 Å². The van der Waals surface area contributed by atoms with Crippen molar-refractivity contribution in [1.82, 2.24) is 0 Å². The molecule has 0 heterocycles. The van der Waals surface area contributed by atoms with Gasteiger partial charge in [0.15, 0.2) is 0 Å². The molecule has 7 nitrogen and oxygen atoms in total. The number of primary amides is 2. The molecule has 0 radical (unpaired) electrons. The van der Waals surface area contributed by atoms with Crippen molar-refractivity contribution in [3.8, 4) is 0 Å². The Balaban J connectivity index is 0. The first-order valence-corrected chi connectivity index (χ1v) is 8.26. The minimum Gasteiger partial charge on any atom is -0.481 e. The Morgan fingerprint density at radius 2 is 1.17 bits per heavy atom. The third-order valence-electron chi connectivity index (χ3n) is 2.98. The van der Waals surface area contributed by atoms with Crippen LogP contribution in [0.4, 0.5) is 0 Å². The third-order valence-corrected chi connectivity index (χ3v) is 2.98. The average molecular weight is 332 g/mol. The van der Waals surface area contributed by atoms with Crippen LogP contribution in [0.1, 0.15) is 71.1 Å². The summed E-state index contributed by atoms with van der Waals surface area (Å²) in [7, 11) is 0. The molecule has 0 aliphatic rings. The molecule has 0 saturated carbocycles. The van der Waals surface area contributed by atoms with E-state index in [1.165, 1.54) is 44.9 Å². The number of hydrogen-bond donors (Lipinski definition) is 3. The van der Waals surface area contributed by atoms with Gasteiger partial charge in [-0.15, -0.1) is 0 Å². The van der Waals surface area contributed by atoms with Gasteiger partial charge < -0.3 is 21.3 Å². The van der Waals surface area contributed by atoms with E-state index in [0.29, 0.717) is 6.42 Å². The summed E-state index contributed by atoms with van der Waals surface area (Å²) in [6.07, 6.45) is 11.5. The maximum Gasteiger partial charge on any atom is 0.303 e. The lowest BCUT2D eigenvalue weighted by Crippen LogP contribution is -2.24. The maximum absolute atomic E-state index is 10.2. The topological polar surface area (TPSA) is 133 Å². The second-order valence-electron chi connectivity index (χ2n) is 5.40. The first kappa shape index (κ1) is 23.6. The van der Waals surface area contributed by atoms with Gasteiger partial charge in [0.05, 0.1) is 0 Å². The van der Waals surface area contributed by atoms with Crippen LogP contribution in [-0.2, 0) is 19.1 Å². The van der Waals surface area contributed by atoms with Gasteiger partial charge in [-0.3, -0.25) is 14.4 Å². The summed E-state index contributed by atoms with van der Waals surface area (Å²) in [5.41, 5.74) is 9.33. The van der Waals surface area contributed by atoms with Gasteiger partial charge >= 0.3 is 5.97 Å². The molecule has 0 rings (SSSR count). The SMILES string of the molecule is CCCCCCCCCCCC(=O)O.NC(=O)COCC(N)=O. The number of ether oxygens (including phenoxy) is 1. The summed E-state index contributed by atoms with van der Waals surface area (Å²) in [4.78, 5) is 30.1. The molecule has 2 amide bonds. The lowest BCUT2D eigenvalue weighted by Gasteiger charge is -2.00. The van der Waals surface area contributed by atoms with E-state index in [1.807, 2.05) is 0 Å². The van der Waals surface area contributed by atoms with Crippen LogP contribution >= 0.6 is 0 Å². The fourth-order valence-electron chi connectivity index (χ4n) is 1.84. The summed E-state index contributed by atoms with van der Waals surface area (Å²) in [5.74, 6) is -1.89. The van der Waals surface area contributed by atoms with E-state index in [4.69, 9.17) is 5.11 Å². The Labute approximate surface area is 138 Å². The lowest BCUT2D eigenvalue weighted by atomic mass is 10.1. The molecule has 23 heavy (non-hydrogen) atoms. The predicted octanol–water partition coefficient (Wildman–Crippen LogP) is 1.97. The molecule has 0 aromatic heterocycles. The number of hydrogen-bond acceptors (Lipinski definition) is 4. The molecule has 0 bridgehead atoms. The van der Waals surface area contributed by atoms with Gasteiger partial charge in [0.25, 0.3) is 0 Å². The van der Waals surface area contributed by atoms with Crippen LogP contribution in [0.2, 0.25) is 0 Å². The number of nitrogens with two attached hydrogens (primary N) is 2. The Morgan fingerprint density at radius 1 is 0.783 bits per heavy atom. The van der Waals surface area contributed by atoms with E-state index in [0.717, 1.165) is 12.8 Å². The maximum atomic E-state index is 10.2. The molecular weight excluding hydrogens is 300 g/mol. The van der Waals surface area contributed by atoms with Crippen molar-refractivity contribution in [2.75, 3.05) is 13.2 Å². The highest BCUT2D eigenvalue weighted by Crippen LogP contribution is 2.10. The van der Waals surface area contributed by atoms with Crippen molar-refractivity contribution in [3.05, 3.63) is 0 Å². The standard InChI is InChI=1S/C12H24O2.C4H8N2O3/c1-2-3-4-5-6-7-8-9-10-11-12(13)14;5-3(7)1-9-2-4(6)8/h2-11H2,1H3,(H,13,14);1-2H2,(H2,5,7)(H2,6,8). The quantitative estimate of drug-likeness (QED) is 0.418. The molecule has 136 valence electrons. The van der Waals surface area contributed by atoms with Crippen LogP contribution in [-0.4, -0.2) is 36.1 Å². The highest BCUT2D eigenvalue weighted by atomic mass is 16.5. The van der Waals surface area contributed by atoms with E-state index in [9.17, 15) is 14.4 Å². The summed E-state index contributed by atoms with van der Waals surface area (Å²) in [6, 6.07) is 0. The van der Waals surface area contributed by atoms with Gasteiger partial charge in [-0.05, 0) is 6.42 Å². The molecule has 0 saturated heterocycles. The first-order chi connectivity index (χ1) is 10.9. The number of unbranched alkanes of at least 4 members (excludes halogenated alkanes) is 8. The second-order valence-corrected chi connectivity index (χ2v) is 5.40. The minimum absolute atomic E-state index is 0.261. The summed E-state index contributed by atoms with van der Waals surface area (Å²) in [6.45, 7) is 1.71. The fraction of sp³-hybridized carbons (Fsp3) is 0.812. The molecule has 0 atom stereocenters. The molecular formula is C16H32N2O5. The highest BCUT2D eigenvalue weighted by molar-refractivity contribution is 5.77. The van der Waals surface area contributed by atoms with Gasteiger partial charge in [-0.1, -0.05) is 58.3 Å². The molecule has 0 aliphatic carbocycles. The Hall–Kier alpha value is -1.63. The average Bonchev–Trinajstić information content (AvgIpc) is 2.45. The number of carboxylic acids is 1. The molecule has 0 spiro atoms. The van der Waals surface area contributed by atoms with Crippen molar-refractivity contribution in [2.45, 2.75) is 71.1 Å². The molecule has 0 aliphatic heterocycles. The zero-order valence-corrected chi connectivity index (χ0v) is 14.2. The number of carbonyl (C=O) groups is 3. The van der Waals surface area contributed by atoms with Gasteiger partial charge in [0.2, 0.25) is 11.8 Å². The van der Waals surface area contributed by atoms with Gasteiger partial charge in [-0.25, -0.2) is 0 Å². The number of carboxylic acid groups (broad SMARTS) is 1. The van der Waals surface area contributed by atoms with E-state index < -0.39 is 17.8 Å². The molecule has 0 aromatic rings. The Bertz CT molecular complexity index is 308. The molecule has 7 heteroatoms. The largest absolute Gasteiger partial charge is 0.481 e. The number of aliphatic carboxylic acids is 1. The van der Waals surface area contributed by atoms with Crippen molar-refractivity contribution >= 4 is 17.8 Å². The van der Waals surface area contributed by atoms with E-state index in [1.54, 1.807) is 0 Å². The minimum atomic E-state index is -0.659. The Morgan fingerprint density at radius 3 is 1.52 bits per heavy atom. The van der Waals surface area contributed by atoms with Crippen LogP contribution < -0.4 is 11.5 Å². The molecule has 0 aromatic carbocycles. The van der Waals surface area contributed by atoms with Gasteiger partial charge in [0.1, 0.15) is 13.2 Å².